The maximum Gasteiger partial charge on any atom is 0.0562 e. The van der Waals surface area contributed by atoms with Crippen molar-refractivity contribution in [3.8, 4) is 34.6 Å². The number of anilines is 3. The Hall–Kier alpha value is -6.30. The molecule has 2 heteroatoms. The lowest BCUT2D eigenvalue weighted by Gasteiger charge is -2.35. The van der Waals surface area contributed by atoms with Gasteiger partial charge in [-0.2, -0.15) is 0 Å². The Morgan fingerprint density at radius 3 is 1.67 bits per heavy atom. The zero-order chi connectivity index (χ0) is 59.8. The molecular formula is C82H106N2. The average Bonchev–Trinajstić information content (AvgIpc) is 1.76. The molecule has 0 aliphatic heterocycles. The number of fused-ring (bicyclic) bond motifs is 3. The Morgan fingerprint density at radius 1 is 0.607 bits per heavy atom. The molecule has 84 heavy (non-hydrogen) atoms. The van der Waals surface area contributed by atoms with Crippen LogP contribution in [0, 0.1) is 23.7 Å². The molecule has 444 valence electrons. The second-order valence-electron chi connectivity index (χ2n) is 26.1. The van der Waals surface area contributed by atoms with Crippen LogP contribution in [0.2, 0.25) is 0 Å². The zero-order valence-corrected chi connectivity index (χ0v) is 54.4. The number of hydrogen-bond acceptors (Lipinski definition) is 2. The van der Waals surface area contributed by atoms with Crippen molar-refractivity contribution in [1.82, 2.24) is 0 Å². The lowest BCUT2D eigenvalue weighted by atomic mass is 9.69. The Labute approximate surface area is 512 Å². The molecule has 5 unspecified atom stereocenters. The lowest BCUT2D eigenvalue weighted by Crippen LogP contribution is -2.31. The van der Waals surface area contributed by atoms with Crippen LogP contribution in [0.1, 0.15) is 251 Å². The van der Waals surface area contributed by atoms with Gasteiger partial charge >= 0.3 is 0 Å². The maximum atomic E-state index is 6.02. The van der Waals surface area contributed by atoms with Crippen molar-refractivity contribution < 1.29 is 0 Å². The first-order chi connectivity index (χ1) is 40.7. The van der Waals surface area contributed by atoms with Crippen LogP contribution in [-0.2, 0) is 5.41 Å². The molecule has 3 aliphatic carbocycles. The highest BCUT2D eigenvalue weighted by Gasteiger charge is 2.43. The van der Waals surface area contributed by atoms with Crippen LogP contribution in [0.3, 0.4) is 0 Å². The van der Waals surface area contributed by atoms with E-state index in [0.717, 1.165) is 49.1 Å². The fourth-order valence-corrected chi connectivity index (χ4v) is 13.6. The van der Waals surface area contributed by atoms with Gasteiger partial charge in [0.05, 0.1) is 6.04 Å². The third kappa shape index (κ3) is 14.8. The molecule has 0 amide bonds. The van der Waals surface area contributed by atoms with Crippen LogP contribution >= 0.6 is 0 Å². The average molecular weight is 1120 g/mol. The van der Waals surface area contributed by atoms with Crippen LogP contribution in [0.4, 0.5) is 17.1 Å². The summed E-state index contributed by atoms with van der Waals surface area (Å²) in [4.78, 5) is 4.98. The van der Waals surface area contributed by atoms with E-state index in [2.05, 4.69) is 251 Å². The molecule has 0 saturated heterocycles. The number of terminal acetylenes is 1. The van der Waals surface area contributed by atoms with Crippen molar-refractivity contribution in [2.75, 3.05) is 9.80 Å². The second-order valence-corrected chi connectivity index (χ2v) is 26.1. The fraction of sp³-hybridized carbons (Fsp3) is 0.463. The maximum absolute atomic E-state index is 6.02. The van der Waals surface area contributed by atoms with Crippen molar-refractivity contribution in [2.45, 2.75) is 235 Å². The molecule has 2 nitrogen and oxygen atoms in total. The van der Waals surface area contributed by atoms with Crippen LogP contribution in [0.25, 0.3) is 27.8 Å². The third-order valence-electron chi connectivity index (χ3n) is 20.2. The van der Waals surface area contributed by atoms with Gasteiger partial charge in [-0.3, -0.25) is 0 Å². The van der Waals surface area contributed by atoms with Crippen molar-refractivity contribution in [1.29, 1.82) is 0 Å². The van der Waals surface area contributed by atoms with E-state index >= 15 is 0 Å². The molecule has 5 atom stereocenters. The van der Waals surface area contributed by atoms with Gasteiger partial charge in [-0.15, -0.1) is 6.42 Å². The summed E-state index contributed by atoms with van der Waals surface area (Å²) in [5.74, 6) is 4.38. The highest BCUT2D eigenvalue weighted by molar-refractivity contribution is 5.86. The largest absolute Gasteiger partial charge is 0.334 e. The SMILES string of the molecule is C#C/C(=C\C=C(/C)N(C1=CCC(C)(CC)C=C1)c1ccc(-c2ccc(N(c3ccc(C(C)CC)cc3)C3C=CC(c4ccc5c(c4)C(CCCCCCCC)(CCCCCCCC)c4cc(C(C)CC)ccc4-5)=C(C)C3)cc2)cc1)C(C)CC. The summed E-state index contributed by atoms with van der Waals surface area (Å²) in [6, 6.07) is 43.4. The Balaban J connectivity index is 1.11. The summed E-state index contributed by atoms with van der Waals surface area (Å²) in [6.45, 7) is 27.7. The van der Waals surface area contributed by atoms with Gasteiger partial charge in [-0.05, 0) is 205 Å². The Morgan fingerprint density at radius 2 is 1.13 bits per heavy atom. The van der Waals surface area contributed by atoms with E-state index in [1.54, 1.807) is 11.1 Å². The van der Waals surface area contributed by atoms with Gasteiger partial charge in [0.25, 0.3) is 0 Å². The first kappa shape index (κ1) is 63.7. The summed E-state index contributed by atoms with van der Waals surface area (Å²) in [5.41, 5.74) is 22.9. The van der Waals surface area contributed by atoms with Crippen LogP contribution in [-0.4, -0.2) is 6.04 Å². The van der Waals surface area contributed by atoms with Crippen molar-refractivity contribution >= 4 is 22.6 Å². The van der Waals surface area contributed by atoms with Crippen molar-refractivity contribution in [2.24, 2.45) is 11.3 Å². The van der Waals surface area contributed by atoms with Gasteiger partial charge in [0, 0.05) is 39.4 Å². The van der Waals surface area contributed by atoms with E-state index in [0.29, 0.717) is 17.8 Å². The normalized spacial score (nSPS) is 18.5. The summed E-state index contributed by atoms with van der Waals surface area (Å²) in [5, 5.41) is 0. The number of nitrogens with zero attached hydrogens (tertiary/aromatic N) is 2. The van der Waals surface area contributed by atoms with Gasteiger partial charge in [-0.25, -0.2) is 0 Å². The lowest BCUT2D eigenvalue weighted by molar-refractivity contribution is 0.397. The van der Waals surface area contributed by atoms with Crippen molar-refractivity contribution in [3.05, 3.63) is 202 Å². The first-order valence-corrected chi connectivity index (χ1v) is 33.6. The molecule has 0 N–H and O–H groups in total. The first-order valence-electron chi connectivity index (χ1n) is 33.6. The molecule has 0 bridgehead atoms. The van der Waals surface area contributed by atoms with E-state index in [4.69, 9.17) is 6.42 Å². The summed E-state index contributed by atoms with van der Waals surface area (Å²) in [6.07, 6.45) is 47.3. The number of rotatable bonds is 30. The summed E-state index contributed by atoms with van der Waals surface area (Å²) in [7, 11) is 0. The van der Waals surface area contributed by atoms with Crippen molar-refractivity contribution in [3.63, 3.8) is 0 Å². The van der Waals surface area contributed by atoms with Crippen LogP contribution < -0.4 is 9.80 Å². The molecule has 0 aromatic heterocycles. The smallest absolute Gasteiger partial charge is 0.0562 e. The van der Waals surface area contributed by atoms with Crippen LogP contribution in [0.5, 0.6) is 0 Å². The predicted octanol–water partition coefficient (Wildman–Crippen LogP) is 24.7. The number of allylic oxidation sites excluding steroid dienone is 9. The Kier molecular flexibility index (Phi) is 22.9. The molecule has 8 rings (SSSR count). The molecule has 0 spiro atoms. The third-order valence-corrected chi connectivity index (χ3v) is 20.2. The Bertz CT molecular complexity index is 3160. The minimum Gasteiger partial charge on any atom is -0.334 e. The van der Waals surface area contributed by atoms with Crippen LogP contribution in [0.15, 0.2) is 174 Å². The predicted molar refractivity (Wildman–Crippen MR) is 369 cm³/mol. The molecule has 0 fully saturated rings. The van der Waals surface area contributed by atoms with Gasteiger partial charge in [0.1, 0.15) is 0 Å². The van der Waals surface area contributed by atoms with E-state index in [-0.39, 0.29) is 16.9 Å². The number of hydrogen-bond donors (Lipinski definition) is 0. The topological polar surface area (TPSA) is 6.48 Å². The van der Waals surface area contributed by atoms with E-state index in [1.807, 2.05) is 0 Å². The van der Waals surface area contributed by atoms with E-state index in [9.17, 15) is 0 Å². The van der Waals surface area contributed by atoms with Gasteiger partial charge in [-0.1, -0.05) is 249 Å². The van der Waals surface area contributed by atoms with Gasteiger partial charge < -0.3 is 9.80 Å². The molecule has 5 aromatic carbocycles. The second kappa shape index (κ2) is 30.2. The summed E-state index contributed by atoms with van der Waals surface area (Å²) < 4.78 is 0. The minimum absolute atomic E-state index is 0.0394. The van der Waals surface area contributed by atoms with Gasteiger partial charge in [0.15, 0.2) is 0 Å². The highest BCUT2D eigenvalue weighted by atomic mass is 15.2. The van der Waals surface area contributed by atoms with E-state index < -0.39 is 0 Å². The molecule has 3 aliphatic rings. The quantitative estimate of drug-likeness (QED) is 0.0257. The van der Waals surface area contributed by atoms with Gasteiger partial charge in [0.2, 0.25) is 0 Å². The molecule has 0 saturated carbocycles. The minimum atomic E-state index is 0.0394. The molecule has 0 heterocycles. The number of benzene rings is 5. The summed E-state index contributed by atoms with van der Waals surface area (Å²) >= 11 is 0. The van der Waals surface area contributed by atoms with E-state index in [1.165, 1.54) is 163 Å². The monoisotopic (exact) mass is 1120 g/mol. The molecular weight excluding hydrogens is 1010 g/mol. The fourth-order valence-electron chi connectivity index (χ4n) is 13.6. The zero-order valence-electron chi connectivity index (χ0n) is 54.4. The molecule has 5 aromatic rings. The molecule has 0 radical (unpaired) electrons. The highest BCUT2D eigenvalue weighted by Crippen LogP contribution is 2.56. The standard InChI is InChI=1S/C82H106N2/c1-14-21-23-25-27-29-53-82(54-30-28-26-24-22-15-2)79-58-69(62(10)18-5)39-48-77(79)78-49-40-70(59-80(78)82)76-50-47-75(57-63(76)11)84(72-41-33-66(34-42-72)61(9)17-4)73-45-37-68(38-46-73)67-35-43-71(44-36-67)83(74-51-55-81(13,20-7)56-52-74)64(12)31-32-65(19-6)60(8)16-3/h6,31-52,55,58-62,75H,14-18,20-30,53-54,56-57H2,1-5,7-13H3/b64-31+,65-32+. The number of unbranched alkanes of at least 4 members (excludes halogenated alkanes) is 10.